The number of carboxylic acid groups (broad SMARTS) is 1. The lowest BCUT2D eigenvalue weighted by Gasteiger charge is -2.42. The normalized spacial score (nSPS) is 22.3. The molecule has 2 atom stereocenters. The van der Waals surface area contributed by atoms with Gasteiger partial charge in [-0.15, -0.1) is 0 Å². The van der Waals surface area contributed by atoms with E-state index >= 15 is 0 Å². The fraction of sp³-hybridized carbons (Fsp3) is 0.441. The van der Waals surface area contributed by atoms with Gasteiger partial charge in [0, 0.05) is 12.1 Å². The molecular weight excluding hydrogens is 573 g/mol. The first-order valence-corrected chi connectivity index (χ1v) is 15.2. The Kier molecular flexibility index (Phi) is 9.88. The maximum Gasteiger partial charge on any atom is 0.421 e. The smallest absolute Gasteiger partial charge is 0.421 e. The molecule has 3 aromatic rings. The average molecular weight is 611 g/mol. The van der Waals surface area contributed by atoms with Crippen LogP contribution < -0.4 is 9.64 Å². The average Bonchev–Trinajstić information content (AvgIpc) is 3.01. The van der Waals surface area contributed by atoms with Crippen LogP contribution in [0.2, 0.25) is 0 Å². The van der Waals surface area contributed by atoms with Crippen molar-refractivity contribution in [2.24, 2.45) is 11.8 Å². The van der Waals surface area contributed by atoms with Gasteiger partial charge in [-0.1, -0.05) is 50.1 Å². The molecule has 5 rings (SSSR count). The van der Waals surface area contributed by atoms with E-state index in [9.17, 15) is 27.9 Å². The second-order valence-electron chi connectivity index (χ2n) is 11.8. The summed E-state index contributed by atoms with van der Waals surface area (Å²) in [5.41, 5.74) is -0.135. The van der Waals surface area contributed by atoms with Crippen LogP contribution in [0.1, 0.15) is 79.8 Å². The van der Waals surface area contributed by atoms with Crippen LogP contribution in [0.3, 0.4) is 0 Å². The molecule has 1 aromatic heterocycles. The lowest BCUT2D eigenvalue weighted by atomic mass is 9.81. The Bertz CT molecular complexity index is 1440. The molecule has 10 heteroatoms. The summed E-state index contributed by atoms with van der Waals surface area (Å²) >= 11 is 0. The number of pyridine rings is 1. The molecule has 234 valence electrons. The van der Waals surface area contributed by atoms with E-state index in [2.05, 4.69) is 11.9 Å². The standard InChI is InChI=1S/C34H37F3N2O5/c1-22-13-15-24(16-14-22)32(40)39(29-11-5-6-12-30(29)43-21-23-8-3-2-4-9-23)28-18-17-25(20-26(28)33(41)42)44-31-27(34(35,36)37)10-7-19-38-31/h2-4,7-10,17-20,22,24,29-30H,5-6,11-16,21H2,1H3,(H,41,42)/t22?,24?,29-,30+/m1/s1. The zero-order chi connectivity index (χ0) is 31.3. The highest BCUT2D eigenvalue weighted by Gasteiger charge is 2.40. The number of benzene rings is 2. The van der Waals surface area contributed by atoms with Gasteiger partial charge in [0.15, 0.2) is 0 Å². The quantitative estimate of drug-likeness (QED) is 0.262. The third kappa shape index (κ3) is 7.41. The summed E-state index contributed by atoms with van der Waals surface area (Å²) in [5.74, 6) is -2.02. The SMILES string of the molecule is CC1CCC(C(=O)N(c2ccc(Oc3ncccc3C(F)(F)F)cc2C(=O)O)[C@@H]2CCCC[C@@H]2OCc2ccccc2)CC1. The van der Waals surface area contributed by atoms with E-state index in [1.165, 1.54) is 24.4 Å². The fourth-order valence-corrected chi connectivity index (χ4v) is 6.27. The predicted molar refractivity (Wildman–Crippen MR) is 159 cm³/mol. The first-order valence-electron chi connectivity index (χ1n) is 15.2. The second kappa shape index (κ2) is 13.8. The highest BCUT2D eigenvalue weighted by Crippen LogP contribution is 2.40. The van der Waals surface area contributed by atoms with Gasteiger partial charge in [0.05, 0.1) is 30.0 Å². The van der Waals surface area contributed by atoms with Crippen LogP contribution in [-0.4, -0.2) is 34.1 Å². The minimum Gasteiger partial charge on any atom is -0.478 e. The zero-order valence-electron chi connectivity index (χ0n) is 24.6. The number of hydrogen-bond donors (Lipinski definition) is 1. The number of aromatic nitrogens is 1. The molecule has 7 nitrogen and oxygen atoms in total. The Morgan fingerprint density at radius 3 is 2.39 bits per heavy atom. The summed E-state index contributed by atoms with van der Waals surface area (Å²) in [6, 6.07) is 15.3. The van der Waals surface area contributed by atoms with Crippen LogP contribution in [-0.2, 0) is 22.3 Å². The molecule has 1 heterocycles. The number of rotatable bonds is 9. The Hall–Kier alpha value is -3.92. The third-order valence-corrected chi connectivity index (χ3v) is 8.66. The molecule has 1 amide bonds. The predicted octanol–water partition coefficient (Wildman–Crippen LogP) is 8.28. The molecule has 2 fully saturated rings. The van der Waals surface area contributed by atoms with Gasteiger partial charge in [-0.3, -0.25) is 4.79 Å². The van der Waals surface area contributed by atoms with Gasteiger partial charge in [-0.2, -0.15) is 13.2 Å². The van der Waals surface area contributed by atoms with Crippen molar-refractivity contribution in [1.82, 2.24) is 4.98 Å². The van der Waals surface area contributed by atoms with Crippen molar-refractivity contribution in [3.8, 4) is 11.6 Å². The van der Waals surface area contributed by atoms with Crippen molar-refractivity contribution in [2.45, 2.75) is 83.2 Å². The van der Waals surface area contributed by atoms with Gasteiger partial charge in [0.1, 0.15) is 11.3 Å². The zero-order valence-corrected chi connectivity index (χ0v) is 24.6. The number of alkyl halides is 3. The van der Waals surface area contributed by atoms with Crippen LogP contribution in [0.4, 0.5) is 18.9 Å². The molecule has 0 unspecified atom stereocenters. The summed E-state index contributed by atoms with van der Waals surface area (Å²) < 4.78 is 52.6. The molecule has 0 radical (unpaired) electrons. The Morgan fingerprint density at radius 2 is 1.68 bits per heavy atom. The first kappa shape index (κ1) is 31.5. The van der Waals surface area contributed by atoms with Gasteiger partial charge in [-0.25, -0.2) is 9.78 Å². The summed E-state index contributed by atoms with van der Waals surface area (Å²) in [6.45, 7) is 2.52. The molecule has 1 N–H and O–H groups in total. The largest absolute Gasteiger partial charge is 0.478 e. The topological polar surface area (TPSA) is 89.0 Å². The van der Waals surface area contributed by atoms with Gasteiger partial charge in [0.2, 0.25) is 11.8 Å². The Morgan fingerprint density at radius 1 is 0.955 bits per heavy atom. The maximum absolute atomic E-state index is 14.3. The highest BCUT2D eigenvalue weighted by molar-refractivity contribution is 6.03. The molecule has 0 spiro atoms. The van der Waals surface area contributed by atoms with Crippen molar-refractivity contribution in [3.63, 3.8) is 0 Å². The maximum atomic E-state index is 14.3. The lowest BCUT2D eigenvalue weighted by molar-refractivity contribution is -0.138. The van der Waals surface area contributed by atoms with Crippen molar-refractivity contribution in [2.75, 3.05) is 4.90 Å². The Labute approximate surface area is 255 Å². The van der Waals surface area contributed by atoms with E-state index < -0.39 is 29.6 Å². The van der Waals surface area contributed by atoms with Gasteiger partial charge in [-0.05, 0) is 80.3 Å². The molecule has 0 bridgehead atoms. The Balaban J connectivity index is 1.51. The van der Waals surface area contributed by atoms with Gasteiger partial charge < -0.3 is 19.5 Å². The number of carbonyl (C=O) groups excluding carboxylic acids is 1. The number of amides is 1. The first-order chi connectivity index (χ1) is 21.1. The number of hydrogen-bond acceptors (Lipinski definition) is 5. The minimum atomic E-state index is -4.71. The third-order valence-electron chi connectivity index (χ3n) is 8.66. The van der Waals surface area contributed by atoms with Crippen LogP contribution in [0.5, 0.6) is 11.6 Å². The van der Waals surface area contributed by atoms with E-state index in [4.69, 9.17) is 9.47 Å². The van der Waals surface area contributed by atoms with Gasteiger partial charge in [0.25, 0.3) is 0 Å². The van der Waals surface area contributed by atoms with Crippen LogP contribution >= 0.6 is 0 Å². The summed E-state index contributed by atoms with van der Waals surface area (Å²) in [6.07, 6.45) is 2.49. The van der Waals surface area contributed by atoms with Gasteiger partial charge >= 0.3 is 12.1 Å². The number of aromatic carboxylic acids is 1. The highest BCUT2D eigenvalue weighted by atomic mass is 19.4. The molecule has 0 aliphatic heterocycles. The molecule has 0 saturated heterocycles. The number of ether oxygens (including phenoxy) is 2. The molecular formula is C34H37F3N2O5. The van der Waals surface area contributed by atoms with Crippen LogP contribution in [0, 0.1) is 11.8 Å². The lowest BCUT2D eigenvalue weighted by Crippen LogP contribution is -2.52. The van der Waals surface area contributed by atoms with E-state index in [0.717, 1.165) is 43.4 Å². The molecule has 2 aliphatic carbocycles. The number of halogens is 3. The van der Waals surface area contributed by atoms with Crippen LogP contribution in [0.25, 0.3) is 0 Å². The minimum absolute atomic E-state index is 0.130. The number of carboxylic acids is 1. The van der Waals surface area contributed by atoms with E-state index in [0.29, 0.717) is 38.2 Å². The molecule has 2 aromatic carbocycles. The summed E-state index contributed by atoms with van der Waals surface area (Å²) in [5, 5.41) is 10.3. The second-order valence-corrected chi connectivity index (χ2v) is 11.8. The number of anilines is 1. The fourth-order valence-electron chi connectivity index (χ4n) is 6.27. The molecule has 44 heavy (non-hydrogen) atoms. The van der Waals surface area contributed by atoms with Crippen LogP contribution in [0.15, 0.2) is 66.9 Å². The van der Waals surface area contributed by atoms with Crippen molar-refractivity contribution >= 4 is 17.6 Å². The number of nitrogens with zero attached hydrogens (tertiary/aromatic N) is 2. The van der Waals surface area contributed by atoms with E-state index in [-0.39, 0.29) is 34.9 Å². The summed E-state index contributed by atoms with van der Waals surface area (Å²) in [4.78, 5) is 32.3. The van der Waals surface area contributed by atoms with Crippen molar-refractivity contribution in [3.05, 3.63) is 83.6 Å². The molecule has 2 aliphatic rings. The van der Waals surface area contributed by atoms with E-state index in [1.807, 2.05) is 30.3 Å². The number of carbonyl (C=O) groups is 2. The molecule has 2 saturated carbocycles. The van der Waals surface area contributed by atoms with Crippen molar-refractivity contribution in [1.29, 1.82) is 0 Å². The van der Waals surface area contributed by atoms with E-state index in [1.54, 1.807) is 4.90 Å². The monoisotopic (exact) mass is 610 g/mol. The summed E-state index contributed by atoms with van der Waals surface area (Å²) in [7, 11) is 0. The van der Waals surface area contributed by atoms with Crippen molar-refractivity contribution < 1.29 is 37.3 Å².